The van der Waals surface area contributed by atoms with E-state index < -0.39 is 29.3 Å². The Balaban J connectivity index is 1.57. The molecule has 0 saturated carbocycles. The van der Waals surface area contributed by atoms with Crippen LogP contribution in [-0.4, -0.2) is 35.9 Å². The Bertz CT molecular complexity index is 1010. The van der Waals surface area contributed by atoms with Gasteiger partial charge in [-0.25, -0.2) is 0 Å². The number of benzene rings is 2. The van der Waals surface area contributed by atoms with E-state index in [4.69, 9.17) is 16.3 Å². The first-order chi connectivity index (χ1) is 14.2. The van der Waals surface area contributed by atoms with Gasteiger partial charge in [0, 0.05) is 35.3 Å². The number of nitrogens with one attached hydrogen (secondary N) is 1. The minimum absolute atomic E-state index is 0.0245. The number of esters is 1. The summed E-state index contributed by atoms with van der Waals surface area (Å²) in [5, 5.41) is 14.2. The zero-order valence-corrected chi connectivity index (χ0v) is 16.7. The fourth-order valence-electron chi connectivity index (χ4n) is 3.06. The third kappa shape index (κ3) is 4.93. The van der Waals surface area contributed by atoms with E-state index >= 15 is 0 Å². The normalized spacial score (nSPS) is 15.7. The maximum atomic E-state index is 12.3. The maximum absolute atomic E-state index is 12.3. The van der Waals surface area contributed by atoms with Crippen LogP contribution >= 0.6 is 11.6 Å². The van der Waals surface area contributed by atoms with Gasteiger partial charge in [0.1, 0.15) is 0 Å². The molecule has 2 amide bonds. The van der Waals surface area contributed by atoms with E-state index in [1.165, 1.54) is 11.0 Å². The molecule has 2 aromatic rings. The van der Waals surface area contributed by atoms with Crippen molar-refractivity contribution in [1.29, 1.82) is 0 Å². The van der Waals surface area contributed by atoms with Gasteiger partial charge in [0.05, 0.1) is 16.5 Å². The first-order valence-electron chi connectivity index (χ1n) is 9.02. The molecule has 3 rings (SSSR count). The lowest BCUT2D eigenvalue weighted by atomic mass is 10.1. The molecule has 0 aromatic heterocycles. The molecule has 1 N–H and O–H groups in total. The molecule has 1 fully saturated rings. The third-order valence-corrected chi connectivity index (χ3v) is 4.88. The molecule has 0 aliphatic carbocycles. The first-order valence-corrected chi connectivity index (χ1v) is 9.40. The lowest BCUT2D eigenvalue weighted by Crippen LogP contribution is -2.28. The predicted octanol–water partition coefficient (Wildman–Crippen LogP) is 3.09. The van der Waals surface area contributed by atoms with Crippen LogP contribution in [0.4, 0.5) is 17.1 Å². The van der Waals surface area contributed by atoms with Crippen molar-refractivity contribution >= 4 is 46.4 Å². The number of nitro groups is 1. The Labute approximate surface area is 176 Å². The highest BCUT2D eigenvalue weighted by atomic mass is 35.5. The molecule has 0 spiro atoms. The molecular weight excluding hydrogens is 414 g/mol. The molecule has 1 aliphatic heterocycles. The zero-order chi connectivity index (χ0) is 21.8. The van der Waals surface area contributed by atoms with Crippen molar-refractivity contribution in [2.75, 3.05) is 23.4 Å². The van der Waals surface area contributed by atoms with Crippen molar-refractivity contribution in [3.05, 3.63) is 63.2 Å². The minimum atomic E-state index is -0.763. The van der Waals surface area contributed by atoms with E-state index in [0.717, 1.165) is 0 Å². The van der Waals surface area contributed by atoms with Crippen LogP contribution in [0, 0.1) is 23.0 Å². The molecule has 2 aromatic carbocycles. The summed E-state index contributed by atoms with van der Waals surface area (Å²) in [4.78, 5) is 48.5. The molecule has 30 heavy (non-hydrogen) atoms. The Morgan fingerprint density at radius 2 is 1.97 bits per heavy atom. The monoisotopic (exact) mass is 431 g/mol. The van der Waals surface area contributed by atoms with Gasteiger partial charge < -0.3 is 15.0 Å². The number of carbonyl (C=O) groups excluding carboxylic acids is 3. The largest absolute Gasteiger partial charge is 0.455 e. The SMILES string of the molecule is Cc1ccc(N2C[C@@H](C(=O)OCC(=O)Nc3ccc(Cl)cc3)CC2=O)cc1[N+](=O)[O-]. The van der Waals surface area contributed by atoms with E-state index in [0.29, 0.717) is 22.0 Å². The average molecular weight is 432 g/mol. The topological polar surface area (TPSA) is 119 Å². The number of nitrogens with zero attached hydrogens (tertiary/aromatic N) is 2. The van der Waals surface area contributed by atoms with E-state index in [9.17, 15) is 24.5 Å². The smallest absolute Gasteiger partial charge is 0.311 e. The first kappa shape index (κ1) is 21.3. The molecule has 1 heterocycles. The summed E-state index contributed by atoms with van der Waals surface area (Å²) in [6.07, 6.45) is -0.0979. The van der Waals surface area contributed by atoms with Gasteiger partial charge >= 0.3 is 5.97 Å². The van der Waals surface area contributed by atoms with Gasteiger partial charge in [-0.05, 0) is 37.3 Å². The fourth-order valence-corrected chi connectivity index (χ4v) is 3.19. The molecular formula is C20H18ClN3O6. The Morgan fingerprint density at radius 1 is 1.27 bits per heavy atom. The summed E-state index contributed by atoms with van der Waals surface area (Å²) >= 11 is 5.78. The molecule has 9 nitrogen and oxygen atoms in total. The summed E-state index contributed by atoms with van der Waals surface area (Å²) in [6.45, 7) is 1.13. The fraction of sp³-hybridized carbons (Fsp3) is 0.250. The highest BCUT2D eigenvalue weighted by molar-refractivity contribution is 6.30. The van der Waals surface area contributed by atoms with E-state index in [1.807, 2.05) is 0 Å². The van der Waals surface area contributed by atoms with Gasteiger partial charge in [-0.3, -0.25) is 24.5 Å². The standard InChI is InChI=1S/C20H18ClN3O6/c1-12-2-7-16(9-17(12)24(28)29)23-10-13(8-19(23)26)20(27)30-11-18(25)22-15-5-3-14(21)4-6-15/h2-7,9,13H,8,10-11H2,1H3,(H,22,25)/t13-/m0/s1. The maximum Gasteiger partial charge on any atom is 0.311 e. The van der Waals surface area contributed by atoms with Crippen molar-refractivity contribution < 1.29 is 24.0 Å². The van der Waals surface area contributed by atoms with Crippen molar-refractivity contribution in [2.45, 2.75) is 13.3 Å². The van der Waals surface area contributed by atoms with E-state index in [2.05, 4.69) is 5.32 Å². The van der Waals surface area contributed by atoms with Gasteiger partial charge in [0.25, 0.3) is 11.6 Å². The highest BCUT2D eigenvalue weighted by Crippen LogP contribution is 2.30. The summed E-state index contributed by atoms with van der Waals surface area (Å²) in [6, 6.07) is 10.9. The number of carbonyl (C=O) groups is 3. The van der Waals surface area contributed by atoms with Crippen molar-refractivity contribution in [3.63, 3.8) is 0 Å². The molecule has 0 unspecified atom stereocenters. The average Bonchev–Trinajstić information content (AvgIpc) is 3.10. The Hall–Kier alpha value is -3.46. The summed E-state index contributed by atoms with van der Waals surface area (Å²) in [5.74, 6) is -2.32. The number of ether oxygens (including phenoxy) is 1. The molecule has 0 radical (unpaired) electrons. The number of anilines is 2. The van der Waals surface area contributed by atoms with Gasteiger partial charge in [-0.15, -0.1) is 0 Å². The van der Waals surface area contributed by atoms with E-state index in [-0.39, 0.29) is 24.6 Å². The second kappa shape index (κ2) is 8.91. The molecule has 0 bridgehead atoms. The number of hydrogen-bond donors (Lipinski definition) is 1. The van der Waals surface area contributed by atoms with Crippen LogP contribution in [0.25, 0.3) is 0 Å². The quantitative estimate of drug-likeness (QED) is 0.426. The lowest BCUT2D eigenvalue weighted by molar-refractivity contribution is -0.385. The number of rotatable bonds is 6. The van der Waals surface area contributed by atoms with Crippen LogP contribution in [0.1, 0.15) is 12.0 Å². The van der Waals surface area contributed by atoms with Gasteiger partial charge in [0.15, 0.2) is 6.61 Å². The number of hydrogen-bond acceptors (Lipinski definition) is 6. The third-order valence-electron chi connectivity index (χ3n) is 4.63. The Morgan fingerprint density at radius 3 is 2.63 bits per heavy atom. The molecule has 1 aliphatic rings. The van der Waals surface area contributed by atoms with Crippen molar-refractivity contribution in [3.8, 4) is 0 Å². The van der Waals surface area contributed by atoms with Crippen LogP contribution in [0.15, 0.2) is 42.5 Å². The van der Waals surface area contributed by atoms with Crippen LogP contribution < -0.4 is 10.2 Å². The number of nitro benzene ring substituents is 1. The number of aryl methyl sites for hydroxylation is 1. The molecule has 156 valence electrons. The van der Waals surface area contributed by atoms with Crippen LogP contribution in [-0.2, 0) is 19.1 Å². The summed E-state index contributed by atoms with van der Waals surface area (Å²) < 4.78 is 5.03. The number of halogens is 1. The predicted molar refractivity (Wildman–Crippen MR) is 109 cm³/mol. The second-order valence-electron chi connectivity index (χ2n) is 6.80. The summed E-state index contributed by atoms with van der Waals surface area (Å²) in [7, 11) is 0. The lowest BCUT2D eigenvalue weighted by Gasteiger charge is -2.16. The van der Waals surface area contributed by atoms with Crippen LogP contribution in [0.5, 0.6) is 0 Å². The van der Waals surface area contributed by atoms with Gasteiger partial charge in [-0.1, -0.05) is 17.7 Å². The molecule has 10 heteroatoms. The Kier molecular flexibility index (Phi) is 6.31. The summed E-state index contributed by atoms with van der Waals surface area (Å²) in [5.41, 5.74) is 1.21. The second-order valence-corrected chi connectivity index (χ2v) is 7.23. The number of amides is 2. The van der Waals surface area contributed by atoms with Crippen molar-refractivity contribution in [1.82, 2.24) is 0 Å². The van der Waals surface area contributed by atoms with Crippen molar-refractivity contribution in [2.24, 2.45) is 5.92 Å². The highest BCUT2D eigenvalue weighted by Gasteiger charge is 2.37. The minimum Gasteiger partial charge on any atom is -0.455 e. The zero-order valence-electron chi connectivity index (χ0n) is 16.0. The molecule has 1 saturated heterocycles. The van der Waals surface area contributed by atoms with Gasteiger partial charge in [-0.2, -0.15) is 0 Å². The van der Waals surface area contributed by atoms with E-state index in [1.54, 1.807) is 43.3 Å². The van der Waals surface area contributed by atoms with Gasteiger partial charge in [0.2, 0.25) is 5.91 Å². The van der Waals surface area contributed by atoms with Crippen LogP contribution in [0.2, 0.25) is 5.02 Å². The molecule has 1 atom stereocenters. The van der Waals surface area contributed by atoms with Crippen LogP contribution in [0.3, 0.4) is 0 Å².